The molecule has 0 radical (unpaired) electrons. The maximum absolute atomic E-state index is 12.4. The number of nitrogens with zero attached hydrogens (tertiary/aromatic N) is 1. The van der Waals surface area contributed by atoms with E-state index < -0.39 is 5.97 Å². The smallest absolute Gasteiger partial charge is 0.335 e. The normalized spacial score (nSPS) is 15.7. The molecule has 0 saturated carbocycles. The van der Waals surface area contributed by atoms with Gasteiger partial charge >= 0.3 is 5.97 Å². The molecule has 0 atom stereocenters. The van der Waals surface area contributed by atoms with E-state index in [1.54, 1.807) is 42.5 Å². The number of aliphatic imine (C=N–C) groups is 1. The molecule has 32 heavy (non-hydrogen) atoms. The summed E-state index contributed by atoms with van der Waals surface area (Å²) >= 11 is 7.23. The molecule has 2 N–H and O–H groups in total. The number of para-hydroxylation sites is 1. The zero-order valence-corrected chi connectivity index (χ0v) is 18.2. The molecule has 1 aliphatic rings. The van der Waals surface area contributed by atoms with Crippen molar-refractivity contribution >= 4 is 52.2 Å². The standard InChI is InChI=1S/C24H17ClN2O4S/c25-18-5-3-6-19(13-18)26-24-27-22(28)21(32-24)12-17-4-1-2-7-20(17)31-14-15-8-10-16(11-9-15)23(29)30/h1-13H,14H2,(H,29,30)(H,26,27,28)/b21-12-. The monoisotopic (exact) mass is 464 g/mol. The Morgan fingerprint density at radius 3 is 2.62 bits per heavy atom. The molecule has 1 saturated heterocycles. The van der Waals surface area contributed by atoms with Crippen LogP contribution < -0.4 is 10.1 Å². The number of hydrogen-bond acceptors (Lipinski definition) is 5. The average Bonchev–Trinajstić information content (AvgIpc) is 3.12. The molecule has 4 rings (SSSR count). The highest BCUT2D eigenvalue weighted by Gasteiger charge is 2.24. The van der Waals surface area contributed by atoms with Crippen LogP contribution in [0.3, 0.4) is 0 Å². The number of nitrogens with one attached hydrogen (secondary N) is 1. The summed E-state index contributed by atoms with van der Waals surface area (Å²) in [6, 6.07) is 21.0. The summed E-state index contributed by atoms with van der Waals surface area (Å²) in [5.74, 6) is -0.606. The lowest BCUT2D eigenvalue weighted by Crippen LogP contribution is -2.19. The van der Waals surface area contributed by atoms with E-state index in [4.69, 9.17) is 21.4 Å². The molecule has 0 bridgehead atoms. The van der Waals surface area contributed by atoms with Gasteiger partial charge in [0.2, 0.25) is 0 Å². The fourth-order valence-corrected chi connectivity index (χ4v) is 3.94. The average molecular weight is 465 g/mol. The Morgan fingerprint density at radius 1 is 1.09 bits per heavy atom. The van der Waals surface area contributed by atoms with Crippen molar-refractivity contribution in [3.63, 3.8) is 0 Å². The fraction of sp³-hybridized carbons (Fsp3) is 0.0417. The highest BCUT2D eigenvalue weighted by molar-refractivity contribution is 8.18. The Kier molecular flexibility index (Phi) is 6.58. The van der Waals surface area contributed by atoms with Crippen LogP contribution in [0.4, 0.5) is 5.69 Å². The van der Waals surface area contributed by atoms with E-state index in [1.807, 2.05) is 24.3 Å². The maximum atomic E-state index is 12.4. The summed E-state index contributed by atoms with van der Waals surface area (Å²) in [4.78, 5) is 28.3. The van der Waals surface area contributed by atoms with E-state index in [-0.39, 0.29) is 18.1 Å². The third kappa shape index (κ3) is 5.38. The molecular weight excluding hydrogens is 448 g/mol. The third-order valence-corrected chi connectivity index (χ3v) is 5.64. The second-order valence-electron chi connectivity index (χ2n) is 6.79. The molecular formula is C24H17ClN2O4S. The second-order valence-corrected chi connectivity index (χ2v) is 8.26. The van der Waals surface area contributed by atoms with Crippen LogP contribution >= 0.6 is 23.4 Å². The van der Waals surface area contributed by atoms with Gasteiger partial charge in [-0.15, -0.1) is 0 Å². The van der Waals surface area contributed by atoms with E-state index in [0.717, 1.165) is 11.1 Å². The van der Waals surface area contributed by atoms with Crippen molar-refractivity contribution in [2.24, 2.45) is 4.99 Å². The quantitative estimate of drug-likeness (QED) is 0.470. The Hall–Kier alpha value is -3.55. The molecule has 6 nitrogen and oxygen atoms in total. The first-order valence-electron chi connectivity index (χ1n) is 9.57. The van der Waals surface area contributed by atoms with Crippen molar-refractivity contribution in [2.75, 3.05) is 0 Å². The lowest BCUT2D eigenvalue weighted by atomic mass is 10.1. The molecule has 0 aliphatic carbocycles. The van der Waals surface area contributed by atoms with Gasteiger partial charge in [-0.2, -0.15) is 0 Å². The number of carbonyl (C=O) groups excluding carboxylic acids is 1. The Balaban J connectivity index is 1.49. The van der Waals surface area contributed by atoms with Gasteiger partial charge in [0, 0.05) is 10.6 Å². The van der Waals surface area contributed by atoms with Gasteiger partial charge in [-0.1, -0.05) is 48.0 Å². The van der Waals surface area contributed by atoms with Crippen LogP contribution in [0.2, 0.25) is 5.02 Å². The van der Waals surface area contributed by atoms with Crippen LogP contribution in [0.5, 0.6) is 5.75 Å². The Morgan fingerprint density at radius 2 is 1.88 bits per heavy atom. The van der Waals surface area contributed by atoms with Crippen molar-refractivity contribution < 1.29 is 19.4 Å². The molecule has 1 aliphatic heterocycles. The zero-order chi connectivity index (χ0) is 22.5. The minimum absolute atomic E-state index is 0.221. The number of rotatable bonds is 6. The van der Waals surface area contributed by atoms with Crippen molar-refractivity contribution in [1.29, 1.82) is 0 Å². The third-order valence-electron chi connectivity index (χ3n) is 4.49. The minimum Gasteiger partial charge on any atom is -0.488 e. The number of amides is 1. The second kappa shape index (κ2) is 9.72. The van der Waals surface area contributed by atoms with Gasteiger partial charge in [0.25, 0.3) is 5.91 Å². The van der Waals surface area contributed by atoms with Crippen molar-refractivity contribution in [3.8, 4) is 5.75 Å². The predicted molar refractivity (Wildman–Crippen MR) is 126 cm³/mol. The lowest BCUT2D eigenvalue weighted by molar-refractivity contribution is -0.115. The summed E-state index contributed by atoms with van der Waals surface area (Å²) < 4.78 is 5.93. The molecule has 1 amide bonds. The van der Waals surface area contributed by atoms with Crippen LogP contribution in [-0.2, 0) is 11.4 Å². The van der Waals surface area contributed by atoms with Crippen LogP contribution in [0.15, 0.2) is 82.7 Å². The predicted octanol–water partition coefficient (Wildman–Crippen LogP) is 5.51. The number of thioether (sulfide) groups is 1. The highest BCUT2D eigenvalue weighted by Crippen LogP contribution is 2.31. The van der Waals surface area contributed by atoms with Crippen molar-refractivity contribution in [1.82, 2.24) is 5.32 Å². The topological polar surface area (TPSA) is 88.0 Å². The lowest BCUT2D eigenvalue weighted by Gasteiger charge is -2.10. The van der Waals surface area contributed by atoms with Gasteiger partial charge < -0.3 is 15.2 Å². The number of ether oxygens (including phenoxy) is 1. The first-order valence-corrected chi connectivity index (χ1v) is 10.8. The number of aromatic carboxylic acids is 1. The summed E-state index contributed by atoms with van der Waals surface area (Å²) in [5.41, 5.74) is 2.45. The minimum atomic E-state index is -0.972. The van der Waals surface area contributed by atoms with Gasteiger partial charge in [-0.25, -0.2) is 9.79 Å². The van der Waals surface area contributed by atoms with Gasteiger partial charge in [0.15, 0.2) is 5.17 Å². The molecule has 1 heterocycles. The molecule has 1 fully saturated rings. The SMILES string of the molecule is O=C1NC(=Nc2cccc(Cl)c2)S/C1=C\c1ccccc1OCc1ccc(C(=O)O)cc1. The Bertz CT molecular complexity index is 1240. The van der Waals surface area contributed by atoms with Crippen molar-refractivity contribution in [3.05, 3.63) is 99.4 Å². The molecule has 3 aromatic carbocycles. The van der Waals surface area contributed by atoms with Gasteiger partial charge in [0.05, 0.1) is 16.2 Å². The van der Waals surface area contributed by atoms with Crippen LogP contribution in [0, 0.1) is 0 Å². The largest absolute Gasteiger partial charge is 0.488 e. The fourth-order valence-electron chi connectivity index (χ4n) is 2.92. The zero-order valence-electron chi connectivity index (χ0n) is 16.6. The van der Waals surface area contributed by atoms with Gasteiger partial charge in [-0.05, 0) is 59.8 Å². The molecule has 3 aromatic rings. The van der Waals surface area contributed by atoms with E-state index in [1.165, 1.54) is 23.9 Å². The number of carboxylic acid groups (broad SMARTS) is 1. The molecule has 0 spiro atoms. The van der Waals surface area contributed by atoms with Crippen molar-refractivity contribution in [2.45, 2.75) is 6.61 Å². The maximum Gasteiger partial charge on any atom is 0.335 e. The number of benzene rings is 3. The van der Waals surface area contributed by atoms with E-state index >= 15 is 0 Å². The number of carbonyl (C=O) groups is 2. The number of hydrogen-bond donors (Lipinski definition) is 2. The number of carboxylic acids is 1. The number of amidine groups is 1. The van der Waals surface area contributed by atoms with Crippen LogP contribution in [-0.4, -0.2) is 22.2 Å². The van der Waals surface area contributed by atoms with E-state index in [9.17, 15) is 9.59 Å². The van der Waals surface area contributed by atoms with Gasteiger partial charge in [0.1, 0.15) is 12.4 Å². The first kappa shape index (κ1) is 21.7. The summed E-state index contributed by atoms with van der Waals surface area (Å²) in [7, 11) is 0. The molecule has 160 valence electrons. The highest BCUT2D eigenvalue weighted by atomic mass is 35.5. The summed E-state index contributed by atoms with van der Waals surface area (Å²) in [6.45, 7) is 0.265. The van der Waals surface area contributed by atoms with Crippen LogP contribution in [0.1, 0.15) is 21.5 Å². The van der Waals surface area contributed by atoms with E-state index in [0.29, 0.717) is 26.5 Å². The molecule has 0 unspecified atom stereocenters. The van der Waals surface area contributed by atoms with Gasteiger partial charge in [-0.3, -0.25) is 4.79 Å². The number of halogens is 1. The summed E-state index contributed by atoms with van der Waals surface area (Å²) in [6.07, 6.45) is 1.75. The Labute approximate surface area is 193 Å². The first-order chi connectivity index (χ1) is 15.5. The summed E-state index contributed by atoms with van der Waals surface area (Å²) in [5, 5.41) is 12.8. The molecule has 8 heteroatoms. The molecule has 0 aromatic heterocycles. The van der Waals surface area contributed by atoms with Crippen LogP contribution in [0.25, 0.3) is 6.08 Å². The van der Waals surface area contributed by atoms with E-state index in [2.05, 4.69) is 10.3 Å².